The van der Waals surface area contributed by atoms with E-state index in [1.807, 2.05) is 24.5 Å². The van der Waals surface area contributed by atoms with E-state index in [0.717, 1.165) is 6.54 Å². The van der Waals surface area contributed by atoms with Crippen LogP contribution < -0.4 is 5.32 Å². The van der Waals surface area contributed by atoms with Gasteiger partial charge in [0.1, 0.15) is 0 Å². The number of hydrogen-bond donors (Lipinski definition) is 1. The van der Waals surface area contributed by atoms with Crippen LogP contribution in [0.4, 0.5) is 0 Å². The second-order valence-corrected chi connectivity index (χ2v) is 3.45. The lowest BCUT2D eigenvalue weighted by molar-refractivity contribution is 0.636. The third-order valence-corrected chi connectivity index (χ3v) is 2.29. The van der Waals surface area contributed by atoms with Crippen LogP contribution in [0.15, 0.2) is 30.1 Å². The monoisotopic (exact) mass is 190 g/mol. The Labute approximate surface area is 86.1 Å². The van der Waals surface area contributed by atoms with E-state index < -0.39 is 0 Å². The summed E-state index contributed by atoms with van der Waals surface area (Å²) in [5.41, 5.74) is 2.56. The van der Waals surface area contributed by atoms with Crippen molar-refractivity contribution in [3.63, 3.8) is 0 Å². The van der Waals surface area contributed by atoms with Crippen molar-refractivity contribution in [3.05, 3.63) is 35.7 Å². The summed E-state index contributed by atoms with van der Waals surface area (Å²) < 4.78 is 0. The fourth-order valence-corrected chi connectivity index (χ4v) is 1.31. The number of nitrogens with zero attached hydrogens (tertiary/aromatic N) is 1. The molecule has 0 saturated heterocycles. The van der Waals surface area contributed by atoms with Crippen LogP contribution in [-0.4, -0.2) is 17.6 Å². The van der Waals surface area contributed by atoms with Crippen molar-refractivity contribution in [2.45, 2.75) is 26.8 Å². The lowest BCUT2D eigenvalue weighted by atomic mass is 10.1. The molecule has 1 aromatic rings. The number of likely N-dealkylation sites (N-methyl/N-ethyl adjacent to an activating group) is 1. The summed E-state index contributed by atoms with van der Waals surface area (Å²) in [7, 11) is 0. The molecule has 14 heavy (non-hydrogen) atoms. The quantitative estimate of drug-likeness (QED) is 0.789. The van der Waals surface area contributed by atoms with Crippen molar-refractivity contribution in [2.75, 3.05) is 6.54 Å². The molecule has 0 amide bonds. The normalized spacial score (nSPS) is 14.1. The van der Waals surface area contributed by atoms with Gasteiger partial charge in [-0.1, -0.05) is 18.6 Å². The Morgan fingerprint density at radius 2 is 2.14 bits per heavy atom. The molecular weight excluding hydrogens is 172 g/mol. The van der Waals surface area contributed by atoms with Gasteiger partial charge in [-0.05, 0) is 38.1 Å². The van der Waals surface area contributed by atoms with Gasteiger partial charge >= 0.3 is 0 Å². The van der Waals surface area contributed by atoms with E-state index in [2.05, 4.69) is 37.1 Å². The van der Waals surface area contributed by atoms with E-state index in [0.29, 0.717) is 6.04 Å². The van der Waals surface area contributed by atoms with Gasteiger partial charge in [0.05, 0.1) is 0 Å². The minimum atomic E-state index is 0.438. The van der Waals surface area contributed by atoms with Crippen LogP contribution in [0.3, 0.4) is 0 Å². The van der Waals surface area contributed by atoms with E-state index >= 15 is 0 Å². The molecular formula is C12H18N2. The Hall–Kier alpha value is -1.15. The maximum atomic E-state index is 3.99. The molecule has 0 aromatic carbocycles. The van der Waals surface area contributed by atoms with Crippen LogP contribution >= 0.6 is 0 Å². The highest BCUT2D eigenvalue weighted by Gasteiger charge is 2.00. The summed E-state index contributed by atoms with van der Waals surface area (Å²) in [6.45, 7) is 7.45. The summed E-state index contributed by atoms with van der Waals surface area (Å²) in [5, 5.41) is 3.38. The summed E-state index contributed by atoms with van der Waals surface area (Å²) in [6.07, 6.45) is 5.82. The van der Waals surface area contributed by atoms with E-state index in [1.165, 1.54) is 11.1 Å². The van der Waals surface area contributed by atoms with Gasteiger partial charge in [0.15, 0.2) is 0 Å². The molecule has 0 fully saturated rings. The van der Waals surface area contributed by atoms with E-state index in [1.54, 1.807) is 0 Å². The van der Waals surface area contributed by atoms with Crippen LogP contribution in [0, 0.1) is 0 Å². The average Bonchev–Trinajstić information content (AvgIpc) is 2.19. The second kappa shape index (κ2) is 5.55. The van der Waals surface area contributed by atoms with Gasteiger partial charge in [-0.15, -0.1) is 0 Å². The highest BCUT2D eigenvalue weighted by atomic mass is 14.9. The van der Waals surface area contributed by atoms with Crippen molar-refractivity contribution < 1.29 is 0 Å². The maximum absolute atomic E-state index is 3.99. The zero-order valence-corrected chi connectivity index (χ0v) is 9.12. The summed E-state index contributed by atoms with van der Waals surface area (Å²) in [6, 6.07) is 4.47. The molecule has 1 unspecified atom stereocenters. The standard InChI is InChI=1S/C12H18N2/c1-4-14-11(3)10(2)9-12-5-7-13-8-6-12/h5-9,11,14H,4H2,1-3H3/b10-9+. The highest BCUT2D eigenvalue weighted by Crippen LogP contribution is 2.08. The molecule has 1 rings (SSSR count). The minimum absolute atomic E-state index is 0.438. The number of rotatable bonds is 4. The fourth-order valence-electron chi connectivity index (χ4n) is 1.31. The fraction of sp³-hybridized carbons (Fsp3) is 0.417. The summed E-state index contributed by atoms with van der Waals surface area (Å²) >= 11 is 0. The number of aromatic nitrogens is 1. The molecule has 1 heterocycles. The van der Waals surface area contributed by atoms with Gasteiger partial charge in [-0.3, -0.25) is 4.98 Å². The van der Waals surface area contributed by atoms with Gasteiger partial charge < -0.3 is 5.32 Å². The Kier molecular flexibility index (Phi) is 4.33. The van der Waals surface area contributed by atoms with E-state index in [9.17, 15) is 0 Å². The summed E-state index contributed by atoms with van der Waals surface area (Å²) in [5.74, 6) is 0. The molecule has 76 valence electrons. The van der Waals surface area contributed by atoms with Crippen molar-refractivity contribution in [1.29, 1.82) is 0 Å². The topological polar surface area (TPSA) is 24.9 Å². The van der Waals surface area contributed by atoms with Crippen molar-refractivity contribution in [3.8, 4) is 0 Å². The van der Waals surface area contributed by atoms with E-state index in [4.69, 9.17) is 0 Å². The molecule has 0 bridgehead atoms. The molecule has 1 aromatic heterocycles. The Balaban J connectivity index is 2.68. The Morgan fingerprint density at radius 1 is 1.50 bits per heavy atom. The SMILES string of the molecule is CCNC(C)/C(C)=C/c1ccncc1. The minimum Gasteiger partial charge on any atom is -0.311 e. The third-order valence-electron chi connectivity index (χ3n) is 2.29. The van der Waals surface area contributed by atoms with Crippen molar-refractivity contribution in [1.82, 2.24) is 10.3 Å². The van der Waals surface area contributed by atoms with Crippen LogP contribution in [-0.2, 0) is 0 Å². The first-order valence-corrected chi connectivity index (χ1v) is 5.05. The lowest BCUT2D eigenvalue weighted by Crippen LogP contribution is -2.26. The highest BCUT2D eigenvalue weighted by molar-refractivity contribution is 5.52. The Bertz CT molecular complexity index is 290. The first-order valence-electron chi connectivity index (χ1n) is 5.05. The first kappa shape index (κ1) is 10.9. The molecule has 2 nitrogen and oxygen atoms in total. The number of hydrogen-bond acceptors (Lipinski definition) is 2. The zero-order valence-electron chi connectivity index (χ0n) is 9.12. The molecule has 0 radical (unpaired) electrons. The zero-order chi connectivity index (χ0) is 10.4. The van der Waals surface area contributed by atoms with Crippen molar-refractivity contribution in [2.24, 2.45) is 0 Å². The van der Waals surface area contributed by atoms with Crippen LogP contribution in [0.25, 0.3) is 6.08 Å². The van der Waals surface area contributed by atoms with E-state index in [-0.39, 0.29) is 0 Å². The molecule has 1 N–H and O–H groups in total. The predicted octanol–water partition coefficient (Wildman–Crippen LogP) is 2.48. The lowest BCUT2D eigenvalue weighted by Gasteiger charge is -2.12. The number of nitrogens with one attached hydrogen (secondary N) is 1. The molecule has 0 aliphatic rings. The molecule has 0 spiro atoms. The van der Waals surface area contributed by atoms with Gasteiger partial charge in [0, 0.05) is 18.4 Å². The molecule has 0 aliphatic carbocycles. The molecule has 1 atom stereocenters. The maximum Gasteiger partial charge on any atom is 0.0273 e. The molecule has 0 aliphatic heterocycles. The third kappa shape index (κ3) is 3.30. The van der Waals surface area contributed by atoms with Crippen molar-refractivity contribution >= 4 is 6.08 Å². The van der Waals surface area contributed by atoms with Gasteiger partial charge in [0.2, 0.25) is 0 Å². The first-order chi connectivity index (χ1) is 6.74. The van der Waals surface area contributed by atoms with Gasteiger partial charge in [-0.2, -0.15) is 0 Å². The smallest absolute Gasteiger partial charge is 0.0273 e. The van der Waals surface area contributed by atoms with Crippen LogP contribution in [0.5, 0.6) is 0 Å². The Morgan fingerprint density at radius 3 is 2.71 bits per heavy atom. The molecule has 0 saturated carbocycles. The van der Waals surface area contributed by atoms with Gasteiger partial charge in [-0.25, -0.2) is 0 Å². The van der Waals surface area contributed by atoms with Crippen LogP contribution in [0.2, 0.25) is 0 Å². The second-order valence-electron chi connectivity index (χ2n) is 3.45. The number of pyridine rings is 1. The van der Waals surface area contributed by atoms with Crippen LogP contribution in [0.1, 0.15) is 26.3 Å². The summed E-state index contributed by atoms with van der Waals surface area (Å²) in [4.78, 5) is 3.99. The van der Waals surface area contributed by atoms with Gasteiger partial charge in [0.25, 0.3) is 0 Å². The molecule has 2 heteroatoms. The largest absolute Gasteiger partial charge is 0.311 e. The predicted molar refractivity (Wildman–Crippen MR) is 61.0 cm³/mol. The average molecular weight is 190 g/mol.